The monoisotopic (exact) mass is 483 g/mol. The van der Waals surface area contributed by atoms with Gasteiger partial charge >= 0.3 is 0 Å². The highest BCUT2D eigenvalue weighted by atomic mass is 32.2. The van der Waals surface area contributed by atoms with E-state index in [2.05, 4.69) is 0 Å². The Balaban J connectivity index is 1.56. The Labute approximate surface area is 199 Å². The Morgan fingerprint density at radius 3 is 2.58 bits per heavy atom. The molecule has 1 aliphatic heterocycles. The van der Waals surface area contributed by atoms with Crippen molar-refractivity contribution in [3.8, 4) is 11.5 Å². The van der Waals surface area contributed by atoms with Gasteiger partial charge in [-0.1, -0.05) is 54.3 Å². The van der Waals surface area contributed by atoms with Crippen LogP contribution in [0.4, 0.5) is 14.5 Å². The number of nitrogens with zero attached hydrogens (tertiary/aromatic N) is 1. The van der Waals surface area contributed by atoms with E-state index < -0.39 is 5.82 Å². The van der Waals surface area contributed by atoms with Crippen molar-refractivity contribution >= 4 is 46.0 Å². The number of thiocarbonyl (C=S) groups is 1. The van der Waals surface area contributed by atoms with Crippen LogP contribution in [0.3, 0.4) is 0 Å². The van der Waals surface area contributed by atoms with Crippen molar-refractivity contribution in [2.45, 2.75) is 13.5 Å². The summed E-state index contributed by atoms with van der Waals surface area (Å²) in [5.41, 5.74) is 1.52. The topological polar surface area (TPSA) is 38.8 Å². The van der Waals surface area contributed by atoms with E-state index in [1.54, 1.807) is 48.5 Å². The van der Waals surface area contributed by atoms with Crippen molar-refractivity contribution in [2.75, 3.05) is 11.5 Å². The smallest absolute Gasteiger partial charge is 0.270 e. The Morgan fingerprint density at radius 1 is 1.00 bits per heavy atom. The molecular formula is C25H19F2NO3S2. The lowest BCUT2D eigenvalue weighted by molar-refractivity contribution is -0.113. The molecule has 33 heavy (non-hydrogen) atoms. The molecule has 0 bridgehead atoms. The number of halogens is 2. The van der Waals surface area contributed by atoms with E-state index in [1.807, 2.05) is 6.92 Å². The molecule has 4 rings (SSSR count). The van der Waals surface area contributed by atoms with Crippen LogP contribution in [0, 0.1) is 11.6 Å². The number of hydrogen-bond acceptors (Lipinski definition) is 5. The molecule has 0 aliphatic carbocycles. The van der Waals surface area contributed by atoms with Crippen molar-refractivity contribution in [2.24, 2.45) is 0 Å². The van der Waals surface area contributed by atoms with Gasteiger partial charge in [-0.3, -0.25) is 9.69 Å². The van der Waals surface area contributed by atoms with Gasteiger partial charge in [0.25, 0.3) is 5.91 Å². The van der Waals surface area contributed by atoms with Gasteiger partial charge in [0.1, 0.15) is 18.2 Å². The molecule has 3 aromatic carbocycles. The zero-order valence-electron chi connectivity index (χ0n) is 17.6. The first-order valence-corrected chi connectivity index (χ1v) is 11.4. The van der Waals surface area contributed by atoms with Crippen LogP contribution < -0.4 is 14.4 Å². The number of hydrogen-bond donors (Lipinski definition) is 0. The Morgan fingerprint density at radius 2 is 1.82 bits per heavy atom. The van der Waals surface area contributed by atoms with Crippen LogP contribution >= 0.6 is 24.0 Å². The van der Waals surface area contributed by atoms with Crippen molar-refractivity contribution in [3.63, 3.8) is 0 Å². The molecule has 0 aromatic heterocycles. The standard InChI is InChI=1S/C25H19F2NO3S2/c1-2-30-22-12-16(10-11-21(22)31-15-17-6-3-4-9-20(17)27)13-23-24(29)28(25(32)33-23)19-8-5-7-18(26)14-19/h3-14H,2,15H2,1H3/b23-13-. The number of carbonyl (C=O) groups excluding carboxylic acids is 1. The fraction of sp³-hybridized carbons (Fsp3) is 0.120. The SMILES string of the molecule is CCOc1cc(/C=C2\SC(=S)N(c3cccc(F)c3)C2=O)ccc1OCc1ccccc1F. The van der Waals surface area contributed by atoms with Crippen LogP contribution in [0.2, 0.25) is 0 Å². The minimum atomic E-state index is -0.446. The fourth-order valence-corrected chi connectivity index (χ4v) is 4.53. The van der Waals surface area contributed by atoms with Crippen LogP contribution in [0.5, 0.6) is 11.5 Å². The van der Waals surface area contributed by atoms with Gasteiger partial charge < -0.3 is 9.47 Å². The first-order valence-electron chi connectivity index (χ1n) is 10.1. The van der Waals surface area contributed by atoms with Gasteiger partial charge in [-0.25, -0.2) is 8.78 Å². The average Bonchev–Trinajstić information content (AvgIpc) is 3.07. The first-order chi connectivity index (χ1) is 16.0. The second-order valence-corrected chi connectivity index (χ2v) is 8.69. The highest BCUT2D eigenvalue weighted by Crippen LogP contribution is 2.37. The molecule has 0 unspecified atom stereocenters. The zero-order valence-corrected chi connectivity index (χ0v) is 19.2. The van der Waals surface area contributed by atoms with E-state index in [0.29, 0.717) is 44.1 Å². The number of anilines is 1. The molecule has 1 amide bonds. The quantitative estimate of drug-likeness (QED) is 0.289. The molecule has 1 saturated heterocycles. The molecule has 0 atom stereocenters. The molecule has 0 N–H and O–H groups in total. The molecule has 0 saturated carbocycles. The van der Waals surface area contributed by atoms with Crippen molar-refractivity contribution < 1.29 is 23.0 Å². The van der Waals surface area contributed by atoms with Crippen molar-refractivity contribution in [1.82, 2.24) is 0 Å². The minimum absolute atomic E-state index is 0.0540. The molecule has 1 fully saturated rings. The number of ether oxygens (including phenoxy) is 2. The molecular weight excluding hydrogens is 464 g/mol. The molecule has 4 nitrogen and oxygen atoms in total. The van der Waals surface area contributed by atoms with Gasteiger partial charge in [-0.2, -0.15) is 0 Å². The maximum Gasteiger partial charge on any atom is 0.270 e. The van der Waals surface area contributed by atoms with Gasteiger partial charge in [0.05, 0.1) is 17.2 Å². The van der Waals surface area contributed by atoms with E-state index in [1.165, 1.54) is 29.2 Å². The molecule has 3 aromatic rings. The molecule has 1 aliphatic rings. The maximum absolute atomic E-state index is 13.9. The summed E-state index contributed by atoms with van der Waals surface area (Å²) in [6.45, 7) is 2.30. The zero-order chi connectivity index (χ0) is 23.4. The number of thioether (sulfide) groups is 1. The van der Waals surface area contributed by atoms with Gasteiger partial charge in [0.15, 0.2) is 15.8 Å². The summed E-state index contributed by atoms with van der Waals surface area (Å²) in [6, 6.07) is 17.4. The van der Waals surface area contributed by atoms with Crippen LogP contribution in [0.15, 0.2) is 71.6 Å². The average molecular weight is 484 g/mol. The van der Waals surface area contributed by atoms with E-state index in [0.717, 1.165) is 11.8 Å². The van der Waals surface area contributed by atoms with Gasteiger partial charge in [0.2, 0.25) is 0 Å². The van der Waals surface area contributed by atoms with E-state index >= 15 is 0 Å². The minimum Gasteiger partial charge on any atom is -0.490 e. The Kier molecular flexibility index (Phi) is 7.05. The van der Waals surface area contributed by atoms with Crippen LogP contribution in [0.25, 0.3) is 6.08 Å². The van der Waals surface area contributed by atoms with Crippen LogP contribution in [-0.2, 0) is 11.4 Å². The van der Waals surface area contributed by atoms with E-state index in [4.69, 9.17) is 21.7 Å². The number of amides is 1. The van der Waals surface area contributed by atoms with E-state index in [-0.39, 0.29) is 18.3 Å². The molecule has 0 radical (unpaired) electrons. The second kappa shape index (κ2) is 10.1. The molecule has 1 heterocycles. The maximum atomic E-state index is 13.9. The first kappa shape index (κ1) is 22.9. The Bertz CT molecular complexity index is 1250. The summed E-state index contributed by atoms with van der Waals surface area (Å²) in [4.78, 5) is 14.7. The van der Waals surface area contributed by atoms with Crippen LogP contribution in [-0.4, -0.2) is 16.8 Å². The predicted octanol–water partition coefficient (Wildman–Crippen LogP) is 6.35. The fourth-order valence-electron chi connectivity index (χ4n) is 3.23. The lowest BCUT2D eigenvalue weighted by Gasteiger charge is -2.14. The third-order valence-corrected chi connectivity index (χ3v) is 6.07. The lowest BCUT2D eigenvalue weighted by Crippen LogP contribution is -2.27. The summed E-state index contributed by atoms with van der Waals surface area (Å²) in [6.07, 6.45) is 1.70. The largest absolute Gasteiger partial charge is 0.490 e. The van der Waals surface area contributed by atoms with Gasteiger partial charge in [-0.05, 0) is 55.0 Å². The summed E-state index contributed by atoms with van der Waals surface area (Å²) in [5.74, 6) is -0.175. The molecule has 8 heteroatoms. The molecule has 168 valence electrons. The second-order valence-electron chi connectivity index (χ2n) is 7.02. The number of carbonyl (C=O) groups is 1. The molecule has 0 spiro atoms. The summed E-state index contributed by atoms with van der Waals surface area (Å²) in [7, 11) is 0. The lowest BCUT2D eigenvalue weighted by atomic mass is 10.1. The Hall–Kier alpha value is -3.23. The highest BCUT2D eigenvalue weighted by Gasteiger charge is 2.33. The normalized spacial score (nSPS) is 14.8. The van der Waals surface area contributed by atoms with Crippen LogP contribution in [0.1, 0.15) is 18.1 Å². The highest BCUT2D eigenvalue weighted by molar-refractivity contribution is 8.27. The third-order valence-electron chi connectivity index (χ3n) is 4.77. The number of rotatable bonds is 7. The third kappa shape index (κ3) is 5.23. The summed E-state index contributed by atoms with van der Waals surface area (Å²) < 4.78 is 39.3. The predicted molar refractivity (Wildman–Crippen MR) is 130 cm³/mol. The van der Waals surface area contributed by atoms with Crippen molar-refractivity contribution in [3.05, 3.63) is 94.4 Å². The van der Waals surface area contributed by atoms with Crippen molar-refractivity contribution in [1.29, 1.82) is 0 Å². The summed E-state index contributed by atoms with van der Waals surface area (Å²) >= 11 is 6.49. The van der Waals surface area contributed by atoms with Gasteiger partial charge in [-0.15, -0.1) is 0 Å². The van der Waals surface area contributed by atoms with E-state index in [9.17, 15) is 13.6 Å². The summed E-state index contributed by atoms with van der Waals surface area (Å²) in [5, 5.41) is 0. The number of benzene rings is 3. The van der Waals surface area contributed by atoms with Gasteiger partial charge in [0, 0.05) is 5.56 Å².